The van der Waals surface area contributed by atoms with E-state index in [-0.39, 0.29) is 11.1 Å². The first-order valence-electron chi connectivity index (χ1n) is 7.46. The third-order valence-electron chi connectivity index (χ3n) is 3.86. The van der Waals surface area contributed by atoms with Crippen LogP contribution in [-0.2, 0) is 0 Å². The molecule has 2 N–H and O–H groups in total. The number of anilines is 1. The summed E-state index contributed by atoms with van der Waals surface area (Å²) in [6.07, 6.45) is 8.20. The van der Waals surface area contributed by atoms with Gasteiger partial charge in [0.1, 0.15) is 11.6 Å². The van der Waals surface area contributed by atoms with Gasteiger partial charge < -0.3 is 10.3 Å². The van der Waals surface area contributed by atoms with Crippen molar-refractivity contribution in [2.45, 2.75) is 26.2 Å². The Morgan fingerprint density at radius 1 is 1.59 bits per heavy atom. The summed E-state index contributed by atoms with van der Waals surface area (Å²) in [7, 11) is 0. The standard InChI is InChI=1S/C17H20N4O/c1-3-5-12(4-2)6-9-20-16-13-7-8-19-11-15(13)21-17(22)14(16)10-18/h3,7-8,11-12H,1,4-6,9H2,2H3,(H2,20,21,22). The Kier molecular flexibility index (Phi) is 5.31. The Morgan fingerprint density at radius 2 is 2.41 bits per heavy atom. The molecule has 1 atom stereocenters. The Balaban J connectivity index is 2.28. The molecule has 0 amide bonds. The zero-order valence-corrected chi connectivity index (χ0v) is 12.7. The van der Waals surface area contributed by atoms with Crippen LogP contribution in [0.1, 0.15) is 31.7 Å². The molecule has 0 radical (unpaired) electrons. The number of nitriles is 1. The molecule has 0 fully saturated rings. The summed E-state index contributed by atoms with van der Waals surface area (Å²) in [6.45, 7) is 6.64. The Bertz CT molecular complexity index is 757. The fourth-order valence-electron chi connectivity index (χ4n) is 2.56. The Morgan fingerprint density at radius 3 is 3.09 bits per heavy atom. The molecule has 114 valence electrons. The molecule has 0 saturated carbocycles. The first kappa shape index (κ1) is 15.8. The predicted octanol–water partition coefficient (Wildman–Crippen LogP) is 3.20. The van der Waals surface area contributed by atoms with Gasteiger partial charge in [0, 0.05) is 18.1 Å². The number of pyridine rings is 2. The van der Waals surface area contributed by atoms with Crippen molar-refractivity contribution in [1.82, 2.24) is 9.97 Å². The molecule has 0 spiro atoms. The van der Waals surface area contributed by atoms with E-state index in [2.05, 4.69) is 28.8 Å². The van der Waals surface area contributed by atoms with Gasteiger partial charge in [-0.05, 0) is 24.8 Å². The third kappa shape index (κ3) is 3.34. The minimum atomic E-state index is -0.386. The summed E-state index contributed by atoms with van der Waals surface area (Å²) in [4.78, 5) is 18.7. The summed E-state index contributed by atoms with van der Waals surface area (Å²) in [5, 5.41) is 13.3. The van der Waals surface area contributed by atoms with E-state index in [1.54, 1.807) is 18.5 Å². The van der Waals surface area contributed by atoms with Crippen molar-refractivity contribution in [2.24, 2.45) is 5.92 Å². The van der Waals surface area contributed by atoms with E-state index in [0.29, 0.717) is 23.7 Å². The van der Waals surface area contributed by atoms with E-state index >= 15 is 0 Å². The van der Waals surface area contributed by atoms with Crippen LogP contribution < -0.4 is 10.9 Å². The van der Waals surface area contributed by atoms with Crippen LogP contribution in [-0.4, -0.2) is 16.5 Å². The lowest BCUT2D eigenvalue weighted by atomic mass is 9.98. The SMILES string of the molecule is C=CCC(CC)CCNc1c(C#N)c(=O)[nH]c2cnccc12. The average molecular weight is 296 g/mol. The number of aromatic nitrogens is 2. The van der Waals surface area contributed by atoms with E-state index in [9.17, 15) is 10.1 Å². The molecule has 0 bridgehead atoms. The lowest BCUT2D eigenvalue weighted by molar-refractivity contribution is 0.490. The van der Waals surface area contributed by atoms with E-state index in [4.69, 9.17) is 0 Å². The van der Waals surface area contributed by atoms with E-state index in [1.165, 1.54) is 0 Å². The maximum atomic E-state index is 12.0. The van der Waals surface area contributed by atoms with Crippen molar-refractivity contribution >= 4 is 16.6 Å². The maximum absolute atomic E-state index is 12.0. The van der Waals surface area contributed by atoms with Crippen LogP contribution in [0.25, 0.3) is 10.9 Å². The van der Waals surface area contributed by atoms with Crippen LogP contribution in [0.5, 0.6) is 0 Å². The van der Waals surface area contributed by atoms with Gasteiger partial charge in [0.2, 0.25) is 0 Å². The van der Waals surface area contributed by atoms with Crippen molar-refractivity contribution in [3.63, 3.8) is 0 Å². The summed E-state index contributed by atoms with van der Waals surface area (Å²) in [5.41, 5.74) is 0.961. The van der Waals surface area contributed by atoms with Crippen LogP contribution in [0.4, 0.5) is 5.69 Å². The highest BCUT2D eigenvalue weighted by Crippen LogP contribution is 2.23. The van der Waals surface area contributed by atoms with Crippen molar-refractivity contribution in [3.8, 4) is 6.07 Å². The minimum Gasteiger partial charge on any atom is -0.383 e. The van der Waals surface area contributed by atoms with Crippen molar-refractivity contribution in [2.75, 3.05) is 11.9 Å². The molecule has 22 heavy (non-hydrogen) atoms. The largest absolute Gasteiger partial charge is 0.383 e. The molecule has 2 heterocycles. The summed E-state index contributed by atoms with van der Waals surface area (Å²) in [5.74, 6) is 0.561. The predicted molar refractivity (Wildman–Crippen MR) is 88.8 cm³/mol. The van der Waals surface area contributed by atoms with Gasteiger partial charge in [0.15, 0.2) is 0 Å². The van der Waals surface area contributed by atoms with Gasteiger partial charge in [-0.25, -0.2) is 0 Å². The second kappa shape index (κ2) is 7.41. The molecule has 5 nitrogen and oxygen atoms in total. The molecule has 0 aromatic carbocycles. The molecular weight excluding hydrogens is 276 g/mol. The third-order valence-corrected chi connectivity index (χ3v) is 3.86. The van der Waals surface area contributed by atoms with E-state index in [0.717, 1.165) is 24.6 Å². The molecule has 2 aromatic heterocycles. The van der Waals surface area contributed by atoms with Gasteiger partial charge >= 0.3 is 0 Å². The van der Waals surface area contributed by atoms with Crippen LogP contribution in [0, 0.1) is 17.2 Å². The van der Waals surface area contributed by atoms with Crippen LogP contribution in [0.15, 0.2) is 35.9 Å². The first-order chi connectivity index (χ1) is 10.7. The zero-order valence-electron chi connectivity index (χ0n) is 12.7. The van der Waals surface area contributed by atoms with E-state index < -0.39 is 0 Å². The molecule has 0 aliphatic rings. The number of nitrogens with one attached hydrogen (secondary N) is 2. The topological polar surface area (TPSA) is 81.6 Å². The summed E-state index contributed by atoms with van der Waals surface area (Å²) >= 11 is 0. The monoisotopic (exact) mass is 296 g/mol. The first-order valence-corrected chi connectivity index (χ1v) is 7.46. The van der Waals surface area contributed by atoms with Gasteiger partial charge in [-0.3, -0.25) is 9.78 Å². The van der Waals surface area contributed by atoms with Gasteiger partial charge in [-0.15, -0.1) is 6.58 Å². The zero-order chi connectivity index (χ0) is 15.9. The number of H-pyrrole nitrogens is 1. The fraction of sp³-hybridized carbons (Fsp3) is 0.353. The van der Waals surface area contributed by atoms with Gasteiger partial charge in [-0.1, -0.05) is 19.4 Å². The van der Waals surface area contributed by atoms with Crippen molar-refractivity contribution < 1.29 is 0 Å². The quantitative estimate of drug-likeness (QED) is 0.769. The number of fused-ring (bicyclic) bond motifs is 1. The number of hydrogen-bond acceptors (Lipinski definition) is 4. The Hall–Kier alpha value is -2.61. The van der Waals surface area contributed by atoms with Crippen molar-refractivity contribution in [1.29, 1.82) is 5.26 Å². The number of allylic oxidation sites excluding steroid dienone is 1. The number of nitrogens with zero attached hydrogens (tertiary/aromatic N) is 2. The fourth-order valence-corrected chi connectivity index (χ4v) is 2.56. The number of hydrogen-bond donors (Lipinski definition) is 2. The smallest absolute Gasteiger partial charge is 0.268 e. The van der Waals surface area contributed by atoms with E-state index in [1.807, 2.05) is 12.1 Å². The molecule has 5 heteroatoms. The lowest BCUT2D eigenvalue weighted by Gasteiger charge is -2.15. The van der Waals surface area contributed by atoms with Crippen LogP contribution >= 0.6 is 0 Å². The van der Waals surface area contributed by atoms with Gasteiger partial charge in [0.25, 0.3) is 5.56 Å². The molecule has 2 aromatic rings. The lowest BCUT2D eigenvalue weighted by Crippen LogP contribution is -2.16. The highest BCUT2D eigenvalue weighted by molar-refractivity contribution is 5.93. The molecule has 1 unspecified atom stereocenters. The maximum Gasteiger partial charge on any atom is 0.268 e. The number of rotatable bonds is 7. The minimum absolute atomic E-state index is 0.121. The molecular formula is C17H20N4O. The summed E-state index contributed by atoms with van der Waals surface area (Å²) in [6, 6.07) is 3.79. The Labute approximate surface area is 129 Å². The summed E-state index contributed by atoms with van der Waals surface area (Å²) < 4.78 is 0. The highest BCUT2D eigenvalue weighted by atomic mass is 16.1. The second-order valence-corrected chi connectivity index (χ2v) is 5.25. The highest BCUT2D eigenvalue weighted by Gasteiger charge is 2.12. The van der Waals surface area contributed by atoms with Crippen LogP contribution in [0.2, 0.25) is 0 Å². The molecule has 0 aliphatic heterocycles. The second-order valence-electron chi connectivity index (χ2n) is 5.25. The average Bonchev–Trinajstić information content (AvgIpc) is 2.53. The van der Waals surface area contributed by atoms with Crippen molar-refractivity contribution in [3.05, 3.63) is 47.0 Å². The van der Waals surface area contributed by atoms with Gasteiger partial charge in [0.05, 0.1) is 17.4 Å². The van der Waals surface area contributed by atoms with Gasteiger partial charge in [-0.2, -0.15) is 5.26 Å². The normalized spacial score (nSPS) is 11.8. The number of aromatic amines is 1. The molecule has 2 rings (SSSR count). The molecule has 0 aliphatic carbocycles. The van der Waals surface area contributed by atoms with Crippen LogP contribution in [0.3, 0.4) is 0 Å². The molecule has 0 saturated heterocycles.